The first-order valence-corrected chi connectivity index (χ1v) is 4.43. The molecule has 0 aromatic carbocycles. The third kappa shape index (κ3) is 7.48. The molecule has 1 nitrogen and oxygen atoms in total. The van der Waals surface area contributed by atoms with Crippen LogP contribution in [0.2, 0.25) is 0 Å². The monoisotopic (exact) mass is 172 g/mol. The third-order valence-corrected chi connectivity index (χ3v) is 1.58. The Morgan fingerprint density at radius 2 is 2.08 bits per heavy atom. The smallest absolute Gasteiger partial charge is 0.0927 e. The highest BCUT2D eigenvalue weighted by Gasteiger charge is 1.89. The zero-order valence-corrected chi connectivity index (χ0v) is 7.54. The maximum atomic E-state index is 11.5. The number of hydrogen-bond acceptors (Lipinski definition) is 1. The molecule has 0 amide bonds. The van der Waals surface area contributed by atoms with Crippen molar-refractivity contribution in [2.24, 2.45) is 0 Å². The number of allylic oxidation sites excluding steroid dienone is 1. The minimum absolute atomic E-state index is 0.362. The Balaban J connectivity index is 3.34. The Morgan fingerprint density at radius 1 is 1.33 bits per heavy atom. The minimum atomic E-state index is -0.767. The maximum absolute atomic E-state index is 11.5. The van der Waals surface area contributed by atoms with Crippen LogP contribution in [0.5, 0.6) is 0 Å². The van der Waals surface area contributed by atoms with Crippen molar-refractivity contribution in [3.8, 4) is 0 Å². The molecule has 0 aliphatic heterocycles. The summed E-state index contributed by atoms with van der Waals surface area (Å²) in [5.41, 5.74) is 0. The van der Waals surface area contributed by atoms with Gasteiger partial charge >= 0.3 is 0 Å². The molecule has 2 heteroatoms. The van der Waals surface area contributed by atoms with Gasteiger partial charge in [-0.3, -0.25) is 0 Å². The maximum Gasteiger partial charge on any atom is 0.0927 e. The predicted molar refractivity (Wildman–Crippen MR) is 49.5 cm³/mol. The van der Waals surface area contributed by atoms with Gasteiger partial charge in [-0.15, -0.1) is 0 Å². The Morgan fingerprint density at radius 3 is 2.67 bits per heavy atom. The van der Waals surface area contributed by atoms with E-state index in [9.17, 15) is 4.39 Å². The topological polar surface area (TPSA) is 20.2 Å². The summed E-state index contributed by atoms with van der Waals surface area (Å²) in [7, 11) is 0. The number of rotatable bonds is 6. The van der Waals surface area contributed by atoms with Crippen LogP contribution in [0.4, 0.5) is 4.39 Å². The quantitative estimate of drug-likeness (QED) is 0.482. The molecule has 0 saturated heterocycles. The molecule has 0 aromatic heterocycles. The Kier molecular flexibility index (Phi) is 8.02. The SMILES string of the molecule is CCCCC/C=C/C(O)/C=C/F. The molecule has 1 N–H and O–H groups in total. The molecule has 70 valence electrons. The highest BCUT2D eigenvalue weighted by atomic mass is 19.1. The average molecular weight is 172 g/mol. The first-order chi connectivity index (χ1) is 5.81. The van der Waals surface area contributed by atoms with E-state index in [0.29, 0.717) is 6.33 Å². The fourth-order valence-electron chi connectivity index (χ4n) is 0.887. The number of hydrogen-bond donors (Lipinski definition) is 1. The van der Waals surface area contributed by atoms with Gasteiger partial charge in [0.1, 0.15) is 0 Å². The van der Waals surface area contributed by atoms with Crippen LogP contribution in [-0.4, -0.2) is 11.2 Å². The van der Waals surface area contributed by atoms with Crippen molar-refractivity contribution in [1.29, 1.82) is 0 Å². The van der Waals surface area contributed by atoms with Gasteiger partial charge in [0.05, 0.1) is 12.4 Å². The van der Waals surface area contributed by atoms with Gasteiger partial charge in [0.25, 0.3) is 0 Å². The van der Waals surface area contributed by atoms with Gasteiger partial charge in [0.2, 0.25) is 0 Å². The van der Waals surface area contributed by atoms with E-state index in [-0.39, 0.29) is 0 Å². The molecular formula is C10H17FO. The van der Waals surface area contributed by atoms with E-state index in [1.54, 1.807) is 6.08 Å². The van der Waals surface area contributed by atoms with Crippen molar-refractivity contribution in [2.45, 2.75) is 38.7 Å². The normalized spacial score (nSPS) is 14.6. The molecule has 0 saturated carbocycles. The van der Waals surface area contributed by atoms with E-state index in [1.807, 2.05) is 6.08 Å². The molecule has 12 heavy (non-hydrogen) atoms. The number of aliphatic hydroxyl groups is 1. The molecule has 0 rings (SSSR count). The largest absolute Gasteiger partial charge is 0.385 e. The fourth-order valence-corrected chi connectivity index (χ4v) is 0.887. The molecule has 0 heterocycles. The van der Waals surface area contributed by atoms with E-state index in [4.69, 9.17) is 5.11 Å². The zero-order valence-electron chi connectivity index (χ0n) is 7.54. The van der Waals surface area contributed by atoms with Gasteiger partial charge in [0, 0.05) is 0 Å². The van der Waals surface area contributed by atoms with Crippen LogP contribution in [0.1, 0.15) is 32.6 Å². The van der Waals surface area contributed by atoms with Crippen LogP contribution in [0, 0.1) is 0 Å². The Hall–Kier alpha value is -0.630. The number of halogens is 1. The van der Waals surface area contributed by atoms with E-state index < -0.39 is 6.10 Å². The summed E-state index contributed by atoms with van der Waals surface area (Å²) in [4.78, 5) is 0. The second kappa shape index (κ2) is 8.47. The van der Waals surface area contributed by atoms with Crippen LogP contribution < -0.4 is 0 Å². The summed E-state index contributed by atoms with van der Waals surface area (Å²) < 4.78 is 11.5. The van der Waals surface area contributed by atoms with E-state index >= 15 is 0 Å². The second-order valence-corrected chi connectivity index (χ2v) is 2.73. The van der Waals surface area contributed by atoms with Crippen LogP contribution in [0.25, 0.3) is 0 Å². The highest BCUT2D eigenvalue weighted by molar-refractivity contribution is 4.98. The summed E-state index contributed by atoms with van der Waals surface area (Å²) in [5, 5.41) is 8.99. The molecular weight excluding hydrogens is 155 g/mol. The third-order valence-electron chi connectivity index (χ3n) is 1.58. The van der Waals surface area contributed by atoms with Gasteiger partial charge in [-0.2, -0.15) is 0 Å². The highest BCUT2D eigenvalue weighted by Crippen LogP contribution is 2.00. The summed E-state index contributed by atoms with van der Waals surface area (Å²) in [5.74, 6) is 0. The van der Waals surface area contributed by atoms with Crippen LogP contribution in [0.15, 0.2) is 24.6 Å². The van der Waals surface area contributed by atoms with E-state index in [2.05, 4.69) is 6.92 Å². The van der Waals surface area contributed by atoms with Gasteiger partial charge in [0.15, 0.2) is 0 Å². The van der Waals surface area contributed by atoms with Crippen molar-refractivity contribution in [3.05, 3.63) is 24.6 Å². The minimum Gasteiger partial charge on any atom is -0.385 e. The number of unbranched alkanes of at least 4 members (excludes halogenated alkanes) is 3. The van der Waals surface area contributed by atoms with Crippen molar-refractivity contribution in [1.82, 2.24) is 0 Å². The van der Waals surface area contributed by atoms with Crippen LogP contribution >= 0.6 is 0 Å². The lowest BCUT2D eigenvalue weighted by Gasteiger charge is -1.95. The van der Waals surface area contributed by atoms with E-state index in [1.165, 1.54) is 12.8 Å². The summed E-state index contributed by atoms with van der Waals surface area (Å²) in [6, 6.07) is 0. The number of aliphatic hydroxyl groups excluding tert-OH is 1. The van der Waals surface area contributed by atoms with Gasteiger partial charge in [-0.1, -0.05) is 31.9 Å². The predicted octanol–water partition coefficient (Wildman–Crippen LogP) is 2.97. The van der Waals surface area contributed by atoms with Gasteiger partial charge in [-0.05, 0) is 18.9 Å². The zero-order chi connectivity index (χ0) is 9.23. The lowest BCUT2D eigenvalue weighted by molar-refractivity contribution is 0.269. The summed E-state index contributed by atoms with van der Waals surface area (Å²) in [6.07, 6.45) is 8.70. The molecule has 0 radical (unpaired) electrons. The van der Waals surface area contributed by atoms with Crippen molar-refractivity contribution >= 4 is 0 Å². The molecule has 0 fully saturated rings. The molecule has 0 bridgehead atoms. The van der Waals surface area contributed by atoms with E-state index in [0.717, 1.165) is 18.9 Å². The summed E-state index contributed by atoms with van der Waals surface area (Å²) in [6.45, 7) is 2.14. The lowest BCUT2D eigenvalue weighted by Crippen LogP contribution is -1.94. The van der Waals surface area contributed by atoms with Crippen molar-refractivity contribution < 1.29 is 9.50 Å². The average Bonchev–Trinajstić information content (AvgIpc) is 2.05. The first kappa shape index (κ1) is 11.4. The fraction of sp³-hybridized carbons (Fsp3) is 0.600. The van der Waals surface area contributed by atoms with Crippen molar-refractivity contribution in [3.63, 3.8) is 0 Å². The molecule has 1 atom stereocenters. The molecule has 0 spiro atoms. The Labute approximate surface area is 73.6 Å². The van der Waals surface area contributed by atoms with Crippen LogP contribution in [0.3, 0.4) is 0 Å². The molecule has 0 aliphatic carbocycles. The van der Waals surface area contributed by atoms with Crippen molar-refractivity contribution in [2.75, 3.05) is 0 Å². The molecule has 0 aromatic rings. The first-order valence-electron chi connectivity index (χ1n) is 4.43. The van der Waals surface area contributed by atoms with Gasteiger partial charge < -0.3 is 5.11 Å². The molecule has 0 aliphatic rings. The Bertz CT molecular complexity index is 141. The van der Waals surface area contributed by atoms with Gasteiger partial charge in [-0.25, -0.2) is 4.39 Å². The molecule has 1 unspecified atom stereocenters. The van der Waals surface area contributed by atoms with Crippen LogP contribution in [-0.2, 0) is 0 Å². The standard InChI is InChI=1S/C10H17FO/c1-2-3-4-5-6-7-10(12)8-9-11/h6-10,12H,2-5H2,1H3/b7-6+,9-8+. The lowest BCUT2D eigenvalue weighted by atomic mass is 10.2. The second-order valence-electron chi connectivity index (χ2n) is 2.73. The summed E-state index contributed by atoms with van der Waals surface area (Å²) >= 11 is 0.